The van der Waals surface area contributed by atoms with Gasteiger partial charge in [-0.05, 0) is 24.3 Å². The number of hydrogen-bond acceptors (Lipinski definition) is 5. The third kappa shape index (κ3) is 2.86. The number of aliphatic hydroxyl groups excluding tert-OH is 1. The topological polar surface area (TPSA) is 108 Å². The maximum absolute atomic E-state index is 13.3. The number of carbonyl (C=O) groups is 2. The lowest BCUT2D eigenvalue weighted by atomic mass is 9.86. The third-order valence-corrected chi connectivity index (χ3v) is 5.02. The molecule has 1 fully saturated rings. The molecular weight excluding hydrogens is 401 g/mol. The van der Waals surface area contributed by atoms with Crippen LogP contribution in [0.2, 0.25) is 0 Å². The Morgan fingerprint density at radius 1 is 1.07 bits per heavy atom. The summed E-state index contributed by atoms with van der Waals surface area (Å²) in [6, 6.07) is 10.6. The van der Waals surface area contributed by atoms with E-state index in [1.54, 1.807) is 0 Å². The molecule has 10 heteroatoms. The predicted molar refractivity (Wildman–Crippen MR) is 96.7 cm³/mol. The fraction of sp³-hybridized carbons (Fsp3) is 0.200. The minimum atomic E-state index is -4.89. The van der Waals surface area contributed by atoms with Crippen molar-refractivity contribution in [3.8, 4) is 12.1 Å². The molecular formula is C20H13F3N4O3. The molecule has 1 unspecified atom stereocenters. The Labute approximate surface area is 168 Å². The second-order valence-electron chi connectivity index (χ2n) is 6.50. The van der Waals surface area contributed by atoms with Gasteiger partial charge in [0.15, 0.2) is 5.54 Å². The molecule has 1 aliphatic heterocycles. The molecule has 2 aromatic carbocycles. The highest BCUT2D eigenvalue weighted by atomic mass is 19.4. The fourth-order valence-corrected chi connectivity index (χ4v) is 3.46. The maximum Gasteiger partial charge on any atom is 0.417 e. The van der Waals surface area contributed by atoms with E-state index >= 15 is 0 Å². The van der Waals surface area contributed by atoms with Gasteiger partial charge in [-0.15, -0.1) is 0 Å². The summed E-state index contributed by atoms with van der Waals surface area (Å²) in [5.74, 6) is -1.02. The molecule has 7 nitrogen and oxygen atoms in total. The van der Waals surface area contributed by atoms with Crippen molar-refractivity contribution in [1.82, 2.24) is 4.90 Å². The predicted octanol–water partition coefficient (Wildman–Crippen LogP) is 2.73. The zero-order valence-corrected chi connectivity index (χ0v) is 15.4. The van der Waals surface area contributed by atoms with Gasteiger partial charge < -0.3 is 10.0 Å². The van der Waals surface area contributed by atoms with Crippen molar-refractivity contribution in [2.24, 2.45) is 0 Å². The van der Waals surface area contributed by atoms with Crippen LogP contribution in [-0.2, 0) is 16.5 Å². The number of nitriles is 2. The Hall–Kier alpha value is -3.89. The van der Waals surface area contributed by atoms with Gasteiger partial charge in [0.05, 0.1) is 41.1 Å². The lowest BCUT2D eigenvalue weighted by molar-refractivity contribution is -0.137. The molecule has 1 aliphatic rings. The van der Waals surface area contributed by atoms with Gasteiger partial charge >= 0.3 is 12.2 Å². The third-order valence-electron chi connectivity index (χ3n) is 5.02. The molecule has 3 rings (SSSR count). The number of alkyl halides is 3. The molecule has 152 valence electrons. The van der Waals surface area contributed by atoms with E-state index in [1.807, 2.05) is 6.07 Å². The van der Waals surface area contributed by atoms with E-state index in [4.69, 9.17) is 5.26 Å². The van der Waals surface area contributed by atoms with Crippen LogP contribution >= 0.6 is 0 Å². The first-order valence-corrected chi connectivity index (χ1v) is 8.47. The molecule has 1 N–H and O–H groups in total. The smallest absolute Gasteiger partial charge is 0.393 e. The zero-order valence-electron chi connectivity index (χ0n) is 15.4. The van der Waals surface area contributed by atoms with Crippen LogP contribution in [-0.4, -0.2) is 35.6 Å². The van der Waals surface area contributed by atoms with Crippen molar-refractivity contribution in [3.63, 3.8) is 0 Å². The number of urea groups is 1. The molecule has 0 spiro atoms. The van der Waals surface area contributed by atoms with Crippen molar-refractivity contribution in [2.45, 2.75) is 11.7 Å². The van der Waals surface area contributed by atoms with Gasteiger partial charge in [0.25, 0.3) is 5.91 Å². The number of halogens is 3. The Bertz CT molecular complexity index is 1130. The van der Waals surface area contributed by atoms with Crippen molar-refractivity contribution >= 4 is 17.6 Å². The van der Waals surface area contributed by atoms with Crippen LogP contribution in [0.3, 0.4) is 0 Å². The summed E-state index contributed by atoms with van der Waals surface area (Å²) in [6.07, 6.45) is -4.89. The molecule has 0 bridgehead atoms. The number of nitrogens with zero attached hydrogens (tertiary/aromatic N) is 4. The van der Waals surface area contributed by atoms with Crippen LogP contribution in [0.15, 0.2) is 42.5 Å². The highest BCUT2D eigenvalue weighted by Gasteiger charge is 2.58. The normalized spacial score (nSPS) is 19.0. The van der Waals surface area contributed by atoms with Gasteiger partial charge in [-0.3, -0.25) is 4.79 Å². The highest BCUT2D eigenvalue weighted by Crippen LogP contribution is 2.41. The molecule has 2 aromatic rings. The van der Waals surface area contributed by atoms with Crippen LogP contribution in [0, 0.1) is 22.7 Å². The SMILES string of the molecule is CN1C(=O)N(c2ccc(C#N)c(C(F)(F)F)c2)C(=O)C1(CO)c1ccccc1C#N. The lowest BCUT2D eigenvalue weighted by Crippen LogP contribution is -2.48. The fourth-order valence-electron chi connectivity index (χ4n) is 3.46. The summed E-state index contributed by atoms with van der Waals surface area (Å²) >= 11 is 0. The summed E-state index contributed by atoms with van der Waals surface area (Å²) in [6.45, 7) is -0.897. The molecule has 1 saturated heterocycles. The Kier molecular flexibility index (Phi) is 4.98. The first kappa shape index (κ1) is 20.8. The summed E-state index contributed by atoms with van der Waals surface area (Å²) < 4.78 is 40.0. The van der Waals surface area contributed by atoms with Crippen molar-refractivity contribution in [3.05, 3.63) is 64.7 Å². The summed E-state index contributed by atoms with van der Waals surface area (Å²) in [7, 11) is 1.21. The van der Waals surface area contributed by atoms with E-state index in [2.05, 4.69) is 0 Å². The summed E-state index contributed by atoms with van der Waals surface area (Å²) in [4.78, 5) is 27.6. The molecule has 0 saturated carbocycles. The summed E-state index contributed by atoms with van der Waals surface area (Å²) in [5.41, 5.74) is -4.30. The van der Waals surface area contributed by atoms with E-state index in [-0.39, 0.29) is 11.1 Å². The van der Waals surface area contributed by atoms with E-state index in [0.717, 1.165) is 17.0 Å². The van der Waals surface area contributed by atoms with Gasteiger partial charge in [0.2, 0.25) is 0 Å². The molecule has 0 radical (unpaired) electrons. The number of carbonyl (C=O) groups excluding carboxylic acids is 2. The van der Waals surface area contributed by atoms with Crippen molar-refractivity contribution < 1.29 is 27.9 Å². The van der Waals surface area contributed by atoms with Crippen LogP contribution < -0.4 is 4.90 Å². The van der Waals surface area contributed by atoms with Crippen LogP contribution in [0.4, 0.5) is 23.7 Å². The molecule has 1 heterocycles. The largest absolute Gasteiger partial charge is 0.417 e. The molecule has 0 aromatic heterocycles. The molecule has 1 atom stereocenters. The van der Waals surface area contributed by atoms with Crippen LogP contribution in [0.25, 0.3) is 0 Å². The van der Waals surface area contributed by atoms with Crippen LogP contribution in [0.5, 0.6) is 0 Å². The van der Waals surface area contributed by atoms with Crippen LogP contribution in [0.1, 0.15) is 22.3 Å². The molecule has 3 amide bonds. The Morgan fingerprint density at radius 2 is 1.70 bits per heavy atom. The van der Waals surface area contributed by atoms with E-state index in [1.165, 1.54) is 37.4 Å². The number of anilines is 1. The first-order valence-electron chi connectivity index (χ1n) is 8.47. The number of likely N-dealkylation sites (N-methyl/N-ethyl adjacent to an activating group) is 1. The second-order valence-corrected chi connectivity index (χ2v) is 6.50. The Balaban J connectivity index is 2.21. The monoisotopic (exact) mass is 414 g/mol. The number of rotatable bonds is 3. The van der Waals surface area contributed by atoms with Gasteiger partial charge in [0.1, 0.15) is 0 Å². The average molecular weight is 414 g/mol. The van der Waals surface area contributed by atoms with Crippen molar-refractivity contribution in [1.29, 1.82) is 10.5 Å². The Morgan fingerprint density at radius 3 is 2.27 bits per heavy atom. The van der Waals surface area contributed by atoms with Crippen molar-refractivity contribution in [2.75, 3.05) is 18.6 Å². The van der Waals surface area contributed by atoms with Gasteiger partial charge in [-0.25, -0.2) is 9.69 Å². The molecule has 0 aliphatic carbocycles. The number of imide groups is 1. The minimum Gasteiger partial charge on any atom is -0.393 e. The van der Waals surface area contributed by atoms with E-state index in [0.29, 0.717) is 11.0 Å². The first-order chi connectivity index (χ1) is 14.1. The number of benzene rings is 2. The maximum atomic E-state index is 13.3. The minimum absolute atomic E-state index is 0.0252. The van der Waals surface area contributed by atoms with E-state index in [9.17, 15) is 33.1 Å². The zero-order chi connectivity index (χ0) is 22.3. The average Bonchev–Trinajstić information content (AvgIpc) is 2.92. The number of aliphatic hydroxyl groups is 1. The van der Waals surface area contributed by atoms with Gasteiger partial charge in [-0.1, -0.05) is 18.2 Å². The highest BCUT2D eigenvalue weighted by molar-refractivity contribution is 6.23. The van der Waals surface area contributed by atoms with Gasteiger partial charge in [0, 0.05) is 12.6 Å². The second kappa shape index (κ2) is 7.17. The number of hydrogen-bond donors (Lipinski definition) is 1. The summed E-state index contributed by atoms with van der Waals surface area (Å²) in [5, 5.41) is 28.4. The quantitative estimate of drug-likeness (QED) is 0.777. The molecule has 30 heavy (non-hydrogen) atoms. The van der Waals surface area contributed by atoms with E-state index < -0.39 is 47.1 Å². The standard InChI is InChI=1S/C20H13F3N4O3/c1-26-18(30)27(14-7-6-13(10-25)16(8-14)20(21,22)23)17(29)19(26,11-28)15-5-3-2-4-12(15)9-24/h2-8,28H,11H2,1H3. The lowest BCUT2D eigenvalue weighted by Gasteiger charge is -2.31. The van der Waals surface area contributed by atoms with Gasteiger partial charge in [-0.2, -0.15) is 23.7 Å². The number of amides is 3.